The Hall–Kier alpha value is -3.33. The molecule has 7 nitrogen and oxygen atoms in total. The van der Waals surface area contributed by atoms with Crippen molar-refractivity contribution < 1.29 is 13.7 Å². The molecule has 1 amide bonds. The normalized spacial score (nSPS) is 32.5. The molecule has 3 aromatic rings. The number of anilines is 1. The highest BCUT2D eigenvalue weighted by atomic mass is 35.5. The number of nitrogens with one attached hydrogen (secondary N) is 1. The van der Waals surface area contributed by atoms with Gasteiger partial charge in [-0.25, -0.2) is 4.21 Å². The number of ether oxygens (including phenoxy) is 1. The van der Waals surface area contributed by atoms with E-state index in [4.69, 9.17) is 21.3 Å². The smallest absolute Gasteiger partial charge is 0.262 e. The predicted octanol–water partition coefficient (Wildman–Crippen LogP) is 7.99. The van der Waals surface area contributed by atoms with Crippen LogP contribution in [0.4, 0.5) is 5.69 Å². The van der Waals surface area contributed by atoms with E-state index in [-0.39, 0.29) is 27.9 Å². The Bertz CT molecular complexity index is 1960. The first-order chi connectivity index (χ1) is 24.8. The summed E-state index contributed by atoms with van der Waals surface area (Å²) in [6, 6.07) is 14.4. The first-order valence-electron chi connectivity index (χ1n) is 19.1. The topological polar surface area (TPSA) is 74.8 Å². The summed E-state index contributed by atoms with van der Waals surface area (Å²) in [7, 11) is 1.25. The minimum absolute atomic E-state index is 0.0415. The number of carbonyl (C=O) groups excluding carboxylic acids is 1. The number of pyridine rings is 1. The highest BCUT2D eigenvalue weighted by Gasteiger charge is 2.49. The van der Waals surface area contributed by atoms with Crippen molar-refractivity contribution in [3.05, 3.63) is 99.9 Å². The summed E-state index contributed by atoms with van der Waals surface area (Å²) < 4.78 is 23.7. The lowest BCUT2D eigenvalue weighted by molar-refractivity contribution is 0.0982. The van der Waals surface area contributed by atoms with Crippen LogP contribution in [0.5, 0.6) is 5.75 Å². The van der Waals surface area contributed by atoms with E-state index < -0.39 is 9.71 Å². The molecule has 0 radical (unpaired) electrons. The number of rotatable bonds is 4. The number of hydrogen-bond donors (Lipinski definition) is 1. The molecule has 0 saturated heterocycles. The molecular formula is C43H55ClN4O3S. The average Bonchev–Trinajstić information content (AvgIpc) is 3.25. The van der Waals surface area contributed by atoms with E-state index in [2.05, 4.69) is 84.9 Å². The Morgan fingerprint density at radius 2 is 1.96 bits per heavy atom. The van der Waals surface area contributed by atoms with Crippen LogP contribution in [0.2, 0.25) is 5.02 Å². The van der Waals surface area contributed by atoms with E-state index in [9.17, 15) is 9.00 Å². The van der Waals surface area contributed by atoms with E-state index >= 15 is 0 Å². The second kappa shape index (κ2) is 14.5. The molecule has 2 aliphatic heterocycles. The molecule has 7 rings (SSSR count). The summed E-state index contributed by atoms with van der Waals surface area (Å²) in [5.74, 6) is 5.36. The minimum atomic E-state index is -2.95. The molecule has 1 unspecified atom stereocenters. The van der Waals surface area contributed by atoms with Gasteiger partial charge in [0.15, 0.2) is 0 Å². The standard InChI is InChI=1S/C43H55ClN4O3S/c1-7-43(35-20-31(23-45-24-35)25-47(4)5)19-8-10-29(2)30(3)52(6,50)46-41(49)33-13-17-40-39(22-33)48(26-34-12-15-38(34)43)27-42(28-51-40)18-9-11-32-21-36(44)14-16-37(32)42/h8,13-14,16-17,19-24,29-30,34,38H,6-7,9-12,15,18,25-28H2,1-5H3,(H,46,49,50)/b19-8+/t29-,30+,34-,38+,42-,43-,52?/m0/s1. The second-order valence-corrected chi connectivity index (χ2v) is 19.3. The zero-order chi connectivity index (χ0) is 36.8. The zero-order valence-corrected chi connectivity index (χ0v) is 33.1. The highest BCUT2D eigenvalue weighted by Crippen LogP contribution is 2.53. The van der Waals surface area contributed by atoms with Crippen molar-refractivity contribution in [1.29, 1.82) is 0 Å². The molecule has 2 bridgehead atoms. The predicted molar refractivity (Wildman–Crippen MR) is 215 cm³/mol. The molecule has 1 fully saturated rings. The van der Waals surface area contributed by atoms with Crippen LogP contribution in [0.3, 0.4) is 0 Å². The van der Waals surface area contributed by atoms with Gasteiger partial charge in [0.05, 0.1) is 22.0 Å². The summed E-state index contributed by atoms with van der Waals surface area (Å²) in [4.78, 5) is 23.3. The van der Waals surface area contributed by atoms with Gasteiger partial charge in [0, 0.05) is 58.7 Å². The molecule has 1 saturated carbocycles. The molecule has 1 N–H and O–H groups in total. The van der Waals surface area contributed by atoms with Crippen LogP contribution in [-0.4, -0.2) is 64.9 Å². The number of aromatic nitrogens is 1. The molecule has 2 aliphatic carbocycles. The average molecular weight is 743 g/mol. The van der Waals surface area contributed by atoms with Crippen LogP contribution in [0, 0.1) is 17.8 Å². The minimum Gasteiger partial charge on any atom is -0.490 e. The summed E-state index contributed by atoms with van der Waals surface area (Å²) in [6.45, 7) is 9.38. The van der Waals surface area contributed by atoms with Gasteiger partial charge in [-0.05, 0) is 142 Å². The number of fused-ring (bicyclic) bond motifs is 4. The van der Waals surface area contributed by atoms with Gasteiger partial charge in [0.25, 0.3) is 5.91 Å². The largest absolute Gasteiger partial charge is 0.490 e. The third-order valence-electron chi connectivity index (χ3n) is 12.8. The molecule has 3 heterocycles. The third kappa shape index (κ3) is 6.91. The van der Waals surface area contributed by atoms with Crippen molar-refractivity contribution >= 4 is 38.8 Å². The Labute approximate surface area is 316 Å². The van der Waals surface area contributed by atoms with Crippen LogP contribution < -0.4 is 14.4 Å². The van der Waals surface area contributed by atoms with E-state index in [1.54, 1.807) is 6.07 Å². The summed E-state index contributed by atoms with van der Waals surface area (Å²) in [6.07, 6.45) is 15.9. The van der Waals surface area contributed by atoms with Gasteiger partial charge in [-0.3, -0.25) is 14.5 Å². The van der Waals surface area contributed by atoms with Gasteiger partial charge in [0.1, 0.15) is 5.75 Å². The SMILES string of the molecule is C=S1(=O)NC(=O)c2ccc3c(c2)N(C[C@@H]2CC[C@H]2[C@](CC)(c2cncc(CN(C)C)c2)/C=C/C[C@H](C)[C@H]1C)C[C@@]1(CCCc2cc(Cl)ccc21)CO3. The summed E-state index contributed by atoms with van der Waals surface area (Å²) in [5.41, 5.74) is 6.07. The van der Waals surface area contributed by atoms with Crippen molar-refractivity contribution in [3.8, 4) is 5.75 Å². The van der Waals surface area contributed by atoms with Gasteiger partial charge in [0.2, 0.25) is 0 Å². The Balaban J connectivity index is 1.36. The molecule has 7 atom stereocenters. The van der Waals surface area contributed by atoms with Gasteiger partial charge in [-0.1, -0.05) is 49.7 Å². The van der Waals surface area contributed by atoms with E-state index in [0.29, 0.717) is 24.0 Å². The second-order valence-electron chi connectivity index (χ2n) is 16.4. The number of allylic oxidation sites excluding steroid dienone is 2. The number of halogens is 1. The van der Waals surface area contributed by atoms with Crippen molar-refractivity contribution in [2.45, 2.75) is 88.3 Å². The fourth-order valence-corrected chi connectivity index (χ4v) is 11.3. The molecule has 9 heteroatoms. The fraction of sp³-hybridized carbons (Fsp3) is 0.512. The third-order valence-corrected chi connectivity index (χ3v) is 15.3. The van der Waals surface area contributed by atoms with Crippen LogP contribution in [0.25, 0.3) is 0 Å². The van der Waals surface area contributed by atoms with Crippen molar-refractivity contribution in [2.75, 3.05) is 38.7 Å². The number of benzene rings is 2. The van der Waals surface area contributed by atoms with Gasteiger partial charge >= 0.3 is 0 Å². The van der Waals surface area contributed by atoms with Gasteiger partial charge in [-0.2, -0.15) is 0 Å². The number of aryl methyl sites for hydroxylation is 1. The summed E-state index contributed by atoms with van der Waals surface area (Å²) >= 11 is 6.52. The lowest BCUT2D eigenvalue weighted by Gasteiger charge is -2.51. The Morgan fingerprint density at radius 1 is 1.13 bits per heavy atom. The Morgan fingerprint density at radius 3 is 2.71 bits per heavy atom. The first-order valence-corrected chi connectivity index (χ1v) is 21.3. The maximum absolute atomic E-state index is 14.1. The number of nitrogens with zero attached hydrogens (tertiary/aromatic N) is 3. The van der Waals surface area contributed by atoms with Crippen molar-refractivity contribution in [1.82, 2.24) is 14.6 Å². The van der Waals surface area contributed by atoms with Gasteiger partial charge in [-0.15, -0.1) is 0 Å². The van der Waals surface area contributed by atoms with Crippen LogP contribution >= 0.6 is 11.6 Å². The molecule has 2 aromatic carbocycles. The van der Waals surface area contributed by atoms with Gasteiger partial charge < -0.3 is 14.5 Å². The number of amides is 1. The number of hydrogen-bond acceptors (Lipinski definition) is 6. The molecule has 1 spiro atoms. The molecule has 4 aliphatic rings. The quantitative estimate of drug-likeness (QED) is 0.216. The van der Waals surface area contributed by atoms with Crippen LogP contribution in [0.15, 0.2) is 67.0 Å². The van der Waals surface area contributed by atoms with Crippen LogP contribution in [0.1, 0.15) is 91.9 Å². The lowest BCUT2D eigenvalue weighted by atomic mass is 9.55. The van der Waals surface area contributed by atoms with Crippen molar-refractivity contribution in [2.24, 2.45) is 17.8 Å². The van der Waals surface area contributed by atoms with E-state index in [0.717, 1.165) is 81.0 Å². The fourth-order valence-electron chi connectivity index (χ4n) is 9.58. The molecule has 1 aromatic heterocycles. The maximum atomic E-state index is 14.1. The number of carbonyl (C=O) groups is 1. The van der Waals surface area contributed by atoms with Crippen LogP contribution in [-0.2, 0) is 33.5 Å². The van der Waals surface area contributed by atoms with E-state index in [1.165, 1.54) is 22.3 Å². The molecule has 52 heavy (non-hydrogen) atoms. The first kappa shape index (κ1) is 37.0. The van der Waals surface area contributed by atoms with E-state index in [1.807, 2.05) is 31.3 Å². The van der Waals surface area contributed by atoms with Crippen molar-refractivity contribution in [3.63, 3.8) is 0 Å². The highest BCUT2D eigenvalue weighted by molar-refractivity contribution is 7.99. The zero-order valence-electron chi connectivity index (χ0n) is 31.5. The Kier molecular flexibility index (Phi) is 10.3. The monoisotopic (exact) mass is 742 g/mol. The summed E-state index contributed by atoms with van der Waals surface area (Å²) in [5, 5.41) is 0.442. The molecular weight excluding hydrogens is 688 g/mol. The maximum Gasteiger partial charge on any atom is 0.262 e. The molecule has 278 valence electrons. The lowest BCUT2D eigenvalue weighted by Crippen LogP contribution is -2.51.